The summed E-state index contributed by atoms with van der Waals surface area (Å²) < 4.78 is 0. The number of rotatable bonds is 8. The largest absolute Gasteiger partial charge is 0.357 e. The van der Waals surface area contributed by atoms with E-state index in [0.29, 0.717) is 24.5 Å². The van der Waals surface area contributed by atoms with Crippen LogP contribution in [0.1, 0.15) is 60.3 Å². The summed E-state index contributed by atoms with van der Waals surface area (Å²) in [6.45, 7) is 13.1. The van der Waals surface area contributed by atoms with Crippen molar-refractivity contribution in [2.45, 2.75) is 66.3 Å². The minimum Gasteiger partial charge on any atom is -0.357 e. The summed E-state index contributed by atoms with van der Waals surface area (Å²) in [6.07, 6.45) is 4.39. The van der Waals surface area contributed by atoms with Crippen molar-refractivity contribution < 1.29 is 4.79 Å². The van der Waals surface area contributed by atoms with Crippen LogP contribution in [0.2, 0.25) is 0 Å². The topological polar surface area (TPSA) is 65.5 Å². The molecule has 0 heterocycles. The van der Waals surface area contributed by atoms with Crippen LogP contribution in [0.5, 0.6) is 0 Å². The second-order valence-corrected chi connectivity index (χ2v) is 7.47. The van der Waals surface area contributed by atoms with Crippen molar-refractivity contribution in [3.63, 3.8) is 0 Å². The molecule has 1 unspecified atom stereocenters. The highest BCUT2D eigenvalue weighted by atomic mass is 16.2. The number of nitrogens with one attached hydrogen (secondary N) is 3. The molecule has 0 saturated heterocycles. The number of aliphatic imine (C=N–C) groups is 1. The zero-order valence-corrected chi connectivity index (χ0v) is 15.0. The smallest absolute Gasteiger partial charge is 0.223 e. The number of guanidine groups is 1. The Morgan fingerprint density at radius 1 is 1.27 bits per heavy atom. The molecule has 0 aromatic rings. The number of carbonyl (C=O) groups excluding carboxylic acids is 1. The number of hydrogen-bond acceptors (Lipinski definition) is 2. The molecular formula is C17H34N4O. The van der Waals surface area contributed by atoms with Crippen molar-refractivity contribution >= 4 is 11.9 Å². The van der Waals surface area contributed by atoms with Crippen LogP contribution in [-0.2, 0) is 4.79 Å². The third kappa shape index (κ3) is 8.90. The van der Waals surface area contributed by atoms with Crippen LogP contribution in [0.3, 0.4) is 0 Å². The van der Waals surface area contributed by atoms with Gasteiger partial charge in [0.25, 0.3) is 0 Å². The van der Waals surface area contributed by atoms with E-state index in [-0.39, 0.29) is 11.8 Å². The summed E-state index contributed by atoms with van der Waals surface area (Å²) in [4.78, 5) is 16.1. The SMILES string of the molecule is CCNC(=NCCNC(=O)C1CC1)NC(C)CCC(C)(C)C. The number of hydrogen-bond donors (Lipinski definition) is 3. The van der Waals surface area contributed by atoms with Gasteiger partial charge in [-0.25, -0.2) is 0 Å². The molecule has 22 heavy (non-hydrogen) atoms. The minimum absolute atomic E-state index is 0.187. The molecule has 5 nitrogen and oxygen atoms in total. The van der Waals surface area contributed by atoms with E-state index in [1.54, 1.807) is 0 Å². The molecule has 128 valence electrons. The maximum Gasteiger partial charge on any atom is 0.223 e. The summed E-state index contributed by atoms with van der Waals surface area (Å²) >= 11 is 0. The lowest BCUT2D eigenvalue weighted by atomic mass is 9.89. The quantitative estimate of drug-likeness (QED) is 0.366. The molecule has 3 N–H and O–H groups in total. The Hall–Kier alpha value is -1.26. The van der Waals surface area contributed by atoms with Crippen molar-refractivity contribution in [3.05, 3.63) is 0 Å². The maximum atomic E-state index is 11.5. The second-order valence-electron chi connectivity index (χ2n) is 7.47. The highest BCUT2D eigenvalue weighted by Gasteiger charge is 2.28. The van der Waals surface area contributed by atoms with E-state index >= 15 is 0 Å². The van der Waals surface area contributed by atoms with Crippen molar-refractivity contribution in [2.75, 3.05) is 19.6 Å². The van der Waals surface area contributed by atoms with Crippen molar-refractivity contribution in [2.24, 2.45) is 16.3 Å². The Labute approximate surface area is 135 Å². The van der Waals surface area contributed by atoms with Crippen molar-refractivity contribution in [3.8, 4) is 0 Å². The zero-order chi connectivity index (χ0) is 16.6. The van der Waals surface area contributed by atoms with Crippen LogP contribution in [-0.4, -0.2) is 37.5 Å². The molecule has 0 bridgehead atoms. The van der Waals surface area contributed by atoms with Gasteiger partial charge in [-0.05, 0) is 44.9 Å². The molecule has 1 aliphatic carbocycles. The Morgan fingerprint density at radius 2 is 1.95 bits per heavy atom. The molecule has 1 rings (SSSR count). The van der Waals surface area contributed by atoms with Gasteiger partial charge in [0.1, 0.15) is 0 Å². The van der Waals surface area contributed by atoms with E-state index in [1.165, 1.54) is 6.42 Å². The Kier molecular flexibility index (Phi) is 7.69. The highest BCUT2D eigenvalue weighted by Crippen LogP contribution is 2.28. The molecule has 1 fully saturated rings. The average Bonchev–Trinajstić information content (AvgIpc) is 3.25. The summed E-state index contributed by atoms with van der Waals surface area (Å²) in [5.74, 6) is 1.30. The fourth-order valence-corrected chi connectivity index (χ4v) is 2.11. The van der Waals surface area contributed by atoms with Crippen molar-refractivity contribution in [1.29, 1.82) is 0 Å². The lowest BCUT2D eigenvalue weighted by Gasteiger charge is -2.23. The highest BCUT2D eigenvalue weighted by molar-refractivity contribution is 5.81. The number of carbonyl (C=O) groups is 1. The van der Waals surface area contributed by atoms with Crippen LogP contribution in [0.4, 0.5) is 0 Å². The van der Waals surface area contributed by atoms with E-state index in [1.807, 2.05) is 0 Å². The second kappa shape index (κ2) is 9.01. The fourth-order valence-electron chi connectivity index (χ4n) is 2.11. The molecular weight excluding hydrogens is 276 g/mol. The van der Waals surface area contributed by atoms with Gasteiger partial charge in [0.2, 0.25) is 5.91 Å². The van der Waals surface area contributed by atoms with Gasteiger partial charge < -0.3 is 16.0 Å². The van der Waals surface area contributed by atoms with Gasteiger partial charge in [0.15, 0.2) is 5.96 Å². The molecule has 5 heteroatoms. The number of amides is 1. The Bertz CT molecular complexity index is 369. The fraction of sp³-hybridized carbons (Fsp3) is 0.882. The first-order valence-electron chi connectivity index (χ1n) is 8.64. The molecule has 1 atom stereocenters. The summed E-state index contributed by atoms with van der Waals surface area (Å²) in [5, 5.41) is 9.64. The van der Waals surface area contributed by atoms with E-state index in [4.69, 9.17) is 0 Å². The van der Waals surface area contributed by atoms with E-state index in [0.717, 1.165) is 31.8 Å². The summed E-state index contributed by atoms with van der Waals surface area (Å²) in [6, 6.07) is 0.387. The molecule has 1 amide bonds. The van der Waals surface area contributed by atoms with Crippen LogP contribution >= 0.6 is 0 Å². The van der Waals surface area contributed by atoms with Crippen LogP contribution in [0.15, 0.2) is 4.99 Å². The van der Waals surface area contributed by atoms with Gasteiger partial charge in [-0.15, -0.1) is 0 Å². The molecule has 0 aromatic carbocycles. The van der Waals surface area contributed by atoms with Crippen LogP contribution in [0, 0.1) is 11.3 Å². The Morgan fingerprint density at radius 3 is 2.50 bits per heavy atom. The predicted octanol–water partition coefficient (Wildman–Crippen LogP) is 2.28. The van der Waals surface area contributed by atoms with Crippen molar-refractivity contribution in [1.82, 2.24) is 16.0 Å². The van der Waals surface area contributed by atoms with Gasteiger partial charge in [-0.1, -0.05) is 20.8 Å². The molecule has 0 spiro atoms. The lowest BCUT2D eigenvalue weighted by molar-refractivity contribution is -0.122. The molecule has 0 aliphatic heterocycles. The normalized spacial score (nSPS) is 17.0. The third-order valence-corrected chi connectivity index (χ3v) is 3.68. The first-order chi connectivity index (χ1) is 10.3. The summed E-state index contributed by atoms with van der Waals surface area (Å²) in [7, 11) is 0. The lowest BCUT2D eigenvalue weighted by Crippen LogP contribution is -2.43. The maximum absolute atomic E-state index is 11.5. The molecule has 1 saturated carbocycles. The van der Waals surface area contributed by atoms with Gasteiger partial charge in [0.05, 0.1) is 6.54 Å². The van der Waals surface area contributed by atoms with Crippen LogP contribution < -0.4 is 16.0 Å². The Balaban J connectivity index is 2.29. The minimum atomic E-state index is 0.187. The van der Waals surface area contributed by atoms with Crippen LogP contribution in [0.25, 0.3) is 0 Å². The van der Waals surface area contributed by atoms with E-state index < -0.39 is 0 Å². The summed E-state index contributed by atoms with van der Waals surface area (Å²) in [5.41, 5.74) is 0.360. The molecule has 0 aromatic heterocycles. The standard InChI is InChI=1S/C17H34N4O/c1-6-18-16(21-13(2)9-10-17(3,4)5)20-12-11-19-15(22)14-7-8-14/h13-14H,6-12H2,1-5H3,(H,19,22)(H2,18,20,21). The first kappa shape index (κ1) is 18.8. The molecule has 0 radical (unpaired) electrons. The van der Waals surface area contributed by atoms with Gasteiger partial charge in [-0.3, -0.25) is 9.79 Å². The monoisotopic (exact) mass is 310 g/mol. The molecule has 1 aliphatic rings. The van der Waals surface area contributed by atoms with E-state index in [9.17, 15) is 4.79 Å². The van der Waals surface area contributed by atoms with Gasteiger partial charge >= 0.3 is 0 Å². The zero-order valence-electron chi connectivity index (χ0n) is 15.0. The average molecular weight is 310 g/mol. The van der Waals surface area contributed by atoms with Gasteiger partial charge in [0, 0.05) is 25.0 Å². The number of nitrogens with zero attached hydrogens (tertiary/aromatic N) is 1. The third-order valence-electron chi connectivity index (χ3n) is 3.68. The van der Waals surface area contributed by atoms with E-state index in [2.05, 4.69) is 55.6 Å². The predicted molar refractivity (Wildman–Crippen MR) is 93.0 cm³/mol. The first-order valence-corrected chi connectivity index (χ1v) is 8.64. The van der Waals surface area contributed by atoms with Gasteiger partial charge in [-0.2, -0.15) is 0 Å².